The van der Waals surface area contributed by atoms with Crippen LogP contribution in [-0.4, -0.2) is 51.3 Å². The molecule has 0 spiro atoms. The predicted octanol–water partition coefficient (Wildman–Crippen LogP) is 2.67. The summed E-state index contributed by atoms with van der Waals surface area (Å²) in [5.41, 5.74) is 0. The van der Waals surface area contributed by atoms with Crippen LogP contribution < -0.4 is 0 Å². The van der Waals surface area contributed by atoms with E-state index in [0.717, 1.165) is 31.4 Å². The van der Waals surface area contributed by atoms with Gasteiger partial charge in [0, 0.05) is 38.4 Å². The molecule has 1 saturated heterocycles. The van der Waals surface area contributed by atoms with E-state index in [4.69, 9.17) is 11.6 Å². The minimum atomic E-state index is -4.30. The zero-order chi connectivity index (χ0) is 17.9. The maximum Gasteiger partial charge on any atom is 0.267 e. The first-order chi connectivity index (χ1) is 11.2. The fraction of sp³-hybridized carbons (Fsp3) is 0.438. The largest absolute Gasteiger partial charge is 0.382 e. The third kappa shape index (κ3) is 4.08. The SMILES string of the molecule is CN(C)/C=C(/C(=O)N1CCCCC1)S(=O)(=O)c1ccc(Cl)cc1F. The second-order valence-corrected chi connectivity index (χ2v) is 8.21. The van der Waals surface area contributed by atoms with Crippen molar-refractivity contribution in [3.8, 4) is 0 Å². The summed E-state index contributed by atoms with van der Waals surface area (Å²) in [5, 5.41) is 0.0898. The Hall–Kier alpha value is -1.60. The summed E-state index contributed by atoms with van der Waals surface area (Å²) < 4.78 is 39.8. The van der Waals surface area contributed by atoms with Crippen LogP contribution in [0, 0.1) is 5.82 Å². The Morgan fingerprint density at radius 3 is 2.42 bits per heavy atom. The summed E-state index contributed by atoms with van der Waals surface area (Å²) in [7, 11) is -1.08. The smallest absolute Gasteiger partial charge is 0.267 e. The molecule has 1 fully saturated rings. The van der Waals surface area contributed by atoms with Gasteiger partial charge in [0.15, 0.2) is 4.91 Å². The number of nitrogens with zero attached hydrogens (tertiary/aromatic N) is 2. The summed E-state index contributed by atoms with van der Waals surface area (Å²) >= 11 is 5.68. The number of carbonyl (C=O) groups excluding carboxylic acids is 1. The second-order valence-electron chi connectivity index (χ2n) is 5.89. The van der Waals surface area contributed by atoms with Crippen molar-refractivity contribution in [1.82, 2.24) is 9.80 Å². The predicted molar refractivity (Wildman–Crippen MR) is 90.8 cm³/mol. The molecular formula is C16H20ClFN2O3S. The highest BCUT2D eigenvalue weighted by Gasteiger charge is 2.33. The van der Waals surface area contributed by atoms with Gasteiger partial charge < -0.3 is 9.80 Å². The van der Waals surface area contributed by atoms with E-state index >= 15 is 0 Å². The number of hydrogen-bond acceptors (Lipinski definition) is 4. The van der Waals surface area contributed by atoms with E-state index in [1.165, 1.54) is 22.1 Å². The number of carbonyl (C=O) groups is 1. The first kappa shape index (κ1) is 18.7. The average molecular weight is 375 g/mol. The fourth-order valence-corrected chi connectivity index (χ4v) is 4.21. The fourth-order valence-electron chi connectivity index (χ4n) is 2.54. The molecule has 1 aliphatic heterocycles. The van der Waals surface area contributed by atoms with Crippen molar-refractivity contribution in [3.63, 3.8) is 0 Å². The molecular weight excluding hydrogens is 355 g/mol. The van der Waals surface area contributed by atoms with Gasteiger partial charge in [0.05, 0.1) is 0 Å². The van der Waals surface area contributed by atoms with Crippen molar-refractivity contribution < 1.29 is 17.6 Å². The highest BCUT2D eigenvalue weighted by molar-refractivity contribution is 7.96. The summed E-state index contributed by atoms with van der Waals surface area (Å²) in [5.74, 6) is -1.57. The van der Waals surface area contributed by atoms with Crippen molar-refractivity contribution in [2.75, 3.05) is 27.2 Å². The van der Waals surface area contributed by atoms with Crippen LogP contribution in [0.25, 0.3) is 0 Å². The van der Waals surface area contributed by atoms with E-state index < -0.39 is 31.4 Å². The van der Waals surface area contributed by atoms with Gasteiger partial charge in [-0.15, -0.1) is 0 Å². The Morgan fingerprint density at radius 1 is 1.25 bits per heavy atom. The van der Waals surface area contributed by atoms with Crippen LogP contribution >= 0.6 is 11.6 Å². The lowest BCUT2D eigenvalue weighted by atomic mass is 10.1. The second kappa shape index (κ2) is 7.53. The molecule has 0 saturated carbocycles. The van der Waals surface area contributed by atoms with Crippen LogP contribution in [0.5, 0.6) is 0 Å². The van der Waals surface area contributed by atoms with Gasteiger partial charge in [-0.3, -0.25) is 4.79 Å². The Kier molecular flexibility index (Phi) is 5.87. The zero-order valence-corrected chi connectivity index (χ0v) is 15.2. The molecule has 0 radical (unpaired) electrons. The number of amides is 1. The molecule has 0 aromatic heterocycles. The first-order valence-electron chi connectivity index (χ1n) is 7.61. The lowest BCUT2D eigenvalue weighted by Crippen LogP contribution is -2.38. The summed E-state index contributed by atoms with van der Waals surface area (Å²) in [4.78, 5) is 14.7. The zero-order valence-electron chi connectivity index (χ0n) is 13.6. The highest BCUT2D eigenvalue weighted by atomic mass is 35.5. The number of sulfone groups is 1. The van der Waals surface area contributed by atoms with E-state index in [0.29, 0.717) is 13.1 Å². The minimum absolute atomic E-state index is 0.0898. The maximum atomic E-state index is 14.1. The van der Waals surface area contributed by atoms with E-state index in [-0.39, 0.29) is 5.02 Å². The van der Waals surface area contributed by atoms with Crippen molar-refractivity contribution >= 4 is 27.3 Å². The monoisotopic (exact) mass is 374 g/mol. The lowest BCUT2D eigenvalue weighted by molar-refractivity contribution is -0.127. The van der Waals surface area contributed by atoms with Crippen LogP contribution in [0.1, 0.15) is 19.3 Å². The van der Waals surface area contributed by atoms with E-state index in [9.17, 15) is 17.6 Å². The van der Waals surface area contributed by atoms with Crippen molar-refractivity contribution in [1.29, 1.82) is 0 Å². The van der Waals surface area contributed by atoms with Crippen LogP contribution in [-0.2, 0) is 14.6 Å². The summed E-state index contributed by atoms with van der Waals surface area (Å²) in [6.45, 7) is 1.00. The summed E-state index contributed by atoms with van der Waals surface area (Å²) in [6.07, 6.45) is 3.89. The van der Waals surface area contributed by atoms with Crippen LogP contribution in [0.3, 0.4) is 0 Å². The lowest BCUT2D eigenvalue weighted by Gasteiger charge is -2.28. The van der Waals surface area contributed by atoms with E-state index in [1.807, 2.05) is 0 Å². The van der Waals surface area contributed by atoms with Gasteiger partial charge in [0.1, 0.15) is 10.7 Å². The van der Waals surface area contributed by atoms with Crippen molar-refractivity contribution in [2.45, 2.75) is 24.2 Å². The van der Waals surface area contributed by atoms with Gasteiger partial charge >= 0.3 is 0 Å². The average Bonchev–Trinajstić information content (AvgIpc) is 2.52. The molecule has 1 heterocycles. The number of rotatable bonds is 4. The molecule has 0 bridgehead atoms. The van der Waals surface area contributed by atoms with Crippen LogP contribution in [0.2, 0.25) is 5.02 Å². The topological polar surface area (TPSA) is 57.7 Å². The molecule has 1 aliphatic rings. The Balaban J connectivity index is 2.48. The van der Waals surface area contributed by atoms with Crippen LogP contribution in [0.15, 0.2) is 34.2 Å². The van der Waals surface area contributed by atoms with Gasteiger partial charge in [0.25, 0.3) is 5.91 Å². The Bertz CT molecular complexity index is 757. The molecule has 0 unspecified atom stereocenters. The van der Waals surface area contributed by atoms with E-state index in [1.54, 1.807) is 14.1 Å². The third-order valence-corrected chi connectivity index (χ3v) is 5.71. The van der Waals surface area contributed by atoms with Crippen LogP contribution in [0.4, 0.5) is 4.39 Å². The number of halogens is 2. The first-order valence-corrected chi connectivity index (χ1v) is 9.47. The molecule has 2 rings (SSSR count). The summed E-state index contributed by atoms with van der Waals surface area (Å²) in [6, 6.07) is 3.29. The number of hydrogen-bond donors (Lipinski definition) is 0. The number of benzene rings is 1. The Morgan fingerprint density at radius 2 is 1.88 bits per heavy atom. The quantitative estimate of drug-likeness (QED) is 0.760. The third-order valence-electron chi connectivity index (χ3n) is 3.70. The van der Waals surface area contributed by atoms with Gasteiger partial charge in [-0.2, -0.15) is 0 Å². The molecule has 132 valence electrons. The van der Waals surface area contributed by atoms with Gasteiger partial charge in [-0.05, 0) is 37.5 Å². The Labute approximate surface area is 146 Å². The molecule has 1 aromatic carbocycles. The molecule has 5 nitrogen and oxygen atoms in total. The van der Waals surface area contributed by atoms with Gasteiger partial charge in [-0.1, -0.05) is 11.6 Å². The standard InChI is InChI=1S/C16H20ClFN2O3S/c1-19(2)11-15(16(21)20-8-4-3-5-9-20)24(22,23)14-7-6-12(17)10-13(14)18/h6-7,10-11H,3-5,8-9H2,1-2H3/b15-11-. The molecule has 0 N–H and O–H groups in total. The normalized spacial score (nSPS) is 16.2. The molecule has 1 amide bonds. The molecule has 8 heteroatoms. The van der Waals surface area contributed by atoms with Crippen molar-refractivity contribution in [2.24, 2.45) is 0 Å². The van der Waals surface area contributed by atoms with Crippen molar-refractivity contribution in [3.05, 3.63) is 40.1 Å². The molecule has 1 aromatic rings. The number of likely N-dealkylation sites (tertiary alicyclic amines) is 1. The number of piperidine rings is 1. The van der Waals surface area contributed by atoms with E-state index in [2.05, 4.69) is 0 Å². The molecule has 0 atom stereocenters. The highest BCUT2D eigenvalue weighted by Crippen LogP contribution is 2.27. The van der Waals surface area contributed by atoms with Gasteiger partial charge in [0.2, 0.25) is 9.84 Å². The minimum Gasteiger partial charge on any atom is -0.382 e. The molecule has 24 heavy (non-hydrogen) atoms. The molecule has 0 aliphatic carbocycles. The maximum absolute atomic E-state index is 14.1. The van der Waals surface area contributed by atoms with Gasteiger partial charge in [-0.25, -0.2) is 12.8 Å².